The van der Waals surface area contributed by atoms with Crippen molar-refractivity contribution in [2.24, 2.45) is 0 Å². The molecule has 0 N–H and O–H groups in total. The smallest absolute Gasteiger partial charge is 0.0988 e. The van der Waals surface area contributed by atoms with Gasteiger partial charge in [0.25, 0.3) is 0 Å². The van der Waals surface area contributed by atoms with E-state index in [1.807, 2.05) is 6.07 Å². The Morgan fingerprint density at radius 2 is 2.12 bits per heavy atom. The van der Waals surface area contributed by atoms with E-state index in [1.54, 1.807) is 23.6 Å². The van der Waals surface area contributed by atoms with Crippen molar-refractivity contribution in [3.8, 4) is 0 Å². The van der Waals surface area contributed by atoms with Crippen LogP contribution in [0.5, 0.6) is 0 Å². The molecule has 0 atom stereocenters. The lowest BCUT2D eigenvalue weighted by molar-refractivity contribution is 0.571. The third kappa shape index (κ3) is 3.27. The monoisotopic (exact) mass is 266 g/mol. The molecule has 2 heterocycles. The van der Waals surface area contributed by atoms with Gasteiger partial charge in [0, 0.05) is 34.1 Å². The summed E-state index contributed by atoms with van der Waals surface area (Å²) in [6.07, 6.45) is 2.48. The maximum absolute atomic E-state index is 5.93. The summed E-state index contributed by atoms with van der Waals surface area (Å²) >= 11 is 7.61. The lowest BCUT2D eigenvalue weighted by Gasteiger charge is -2.14. The number of halogens is 1. The highest BCUT2D eigenvalue weighted by atomic mass is 35.5. The van der Waals surface area contributed by atoms with E-state index in [4.69, 9.17) is 11.6 Å². The average Bonchev–Trinajstić information content (AvgIpc) is 2.65. The third-order valence-corrected chi connectivity index (χ3v) is 3.52. The van der Waals surface area contributed by atoms with Crippen molar-refractivity contribution < 1.29 is 0 Å². The maximum atomic E-state index is 5.93. The zero-order valence-corrected chi connectivity index (χ0v) is 11.8. The van der Waals surface area contributed by atoms with Crippen molar-refractivity contribution in [3.05, 3.63) is 45.1 Å². The SMILES string of the molecule is CC(C)(C)c1csc(Cc2cc(Cl)ccn2)n1. The van der Waals surface area contributed by atoms with Gasteiger partial charge in [-0.25, -0.2) is 4.98 Å². The van der Waals surface area contributed by atoms with Crippen molar-refractivity contribution in [1.29, 1.82) is 0 Å². The summed E-state index contributed by atoms with van der Waals surface area (Å²) in [6.45, 7) is 6.51. The molecule has 0 unspecified atom stereocenters. The molecular weight excluding hydrogens is 252 g/mol. The van der Waals surface area contributed by atoms with Crippen molar-refractivity contribution in [3.63, 3.8) is 0 Å². The summed E-state index contributed by atoms with van der Waals surface area (Å²) in [4.78, 5) is 8.93. The highest BCUT2D eigenvalue weighted by Crippen LogP contribution is 2.25. The fraction of sp³-hybridized carbons (Fsp3) is 0.385. The van der Waals surface area contributed by atoms with Crippen LogP contribution in [0.4, 0.5) is 0 Å². The van der Waals surface area contributed by atoms with Crippen LogP contribution < -0.4 is 0 Å². The van der Waals surface area contributed by atoms with E-state index in [0.29, 0.717) is 0 Å². The Balaban J connectivity index is 2.17. The van der Waals surface area contributed by atoms with Gasteiger partial charge in [0.15, 0.2) is 0 Å². The molecule has 2 nitrogen and oxygen atoms in total. The van der Waals surface area contributed by atoms with Crippen LogP contribution in [0.2, 0.25) is 5.02 Å². The maximum Gasteiger partial charge on any atom is 0.0988 e. The Kier molecular flexibility index (Phi) is 3.50. The highest BCUT2D eigenvalue weighted by Gasteiger charge is 2.17. The van der Waals surface area contributed by atoms with Crippen molar-refractivity contribution in [2.45, 2.75) is 32.6 Å². The Bertz CT molecular complexity index is 514. The quantitative estimate of drug-likeness (QED) is 0.819. The summed E-state index contributed by atoms with van der Waals surface area (Å²) < 4.78 is 0. The van der Waals surface area contributed by atoms with Gasteiger partial charge in [-0.3, -0.25) is 4.98 Å². The number of pyridine rings is 1. The van der Waals surface area contributed by atoms with E-state index < -0.39 is 0 Å². The van der Waals surface area contributed by atoms with Gasteiger partial charge in [0.05, 0.1) is 10.7 Å². The van der Waals surface area contributed by atoms with Crippen LogP contribution in [0.15, 0.2) is 23.7 Å². The molecule has 0 aromatic carbocycles. The first-order valence-corrected chi connectivity index (χ1v) is 6.76. The van der Waals surface area contributed by atoms with Crippen LogP contribution in [0.3, 0.4) is 0 Å². The zero-order valence-electron chi connectivity index (χ0n) is 10.2. The third-order valence-electron chi connectivity index (χ3n) is 2.43. The van der Waals surface area contributed by atoms with E-state index in [0.717, 1.165) is 27.8 Å². The van der Waals surface area contributed by atoms with E-state index in [1.165, 1.54) is 0 Å². The number of thiazole rings is 1. The molecule has 0 aliphatic rings. The van der Waals surface area contributed by atoms with Gasteiger partial charge in [0.2, 0.25) is 0 Å². The summed E-state index contributed by atoms with van der Waals surface area (Å²) in [6, 6.07) is 3.67. The molecule has 0 aliphatic heterocycles. The highest BCUT2D eigenvalue weighted by molar-refractivity contribution is 7.09. The van der Waals surface area contributed by atoms with E-state index in [2.05, 4.69) is 36.1 Å². The normalized spacial score (nSPS) is 11.8. The molecule has 0 bridgehead atoms. The van der Waals surface area contributed by atoms with Gasteiger partial charge in [-0.15, -0.1) is 11.3 Å². The molecule has 0 aliphatic carbocycles. The predicted molar refractivity (Wildman–Crippen MR) is 72.9 cm³/mol. The molecule has 0 saturated carbocycles. The summed E-state index contributed by atoms with van der Waals surface area (Å²) in [5.41, 5.74) is 2.21. The molecule has 2 aromatic heterocycles. The van der Waals surface area contributed by atoms with Gasteiger partial charge in [-0.1, -0.05) is 32.4 Å². The summed E-state index contributed by atoms with van der Waals surface area (Å²) in [5.74, 6) is 0. The number of rotatable bonds is 2. The second-order valence-corrected chi connectivity index (χ2v) is 6.40. The van der Waals surface area contributed by atoms with E-state index >= 15 is 0 Å². The molecule has 2 aromatic rings. The topological polar surface area (TPSA) is 25.8 Å². The molecule has 2 rings (SSSR count). The first-order valence-electron chi connectivity index (χ1n) is 5.50. The Labute approximate surface area is 111 Å². The molecule has 0 saturated heterocycles. The average molecular weight is 267 g/mol. The standard InChI is InChI=1S/C13H15ClN2S/c1-13(2,3)11-8-17-12(16-11)7-10-6-9(14)4-5-15-10/h4-6,8H,7H2,1-3H3. The Morgan fingerprint density at radius 1 is 1.35 bits per heavy atom. The van der Waals surface area contributed by atoms with Crippen LogP contribution in [0, 0.1) is 0 Å². The van der Waals surface area contributed by atoms with Gasteiger partial charge in [-0.2, -0.15) is 0 Å². The van der Waals surface area contributed by atoms with Gasteiger partial charge in [0.1, 0.15) is 0 Å². The molecule has 4 heteroatoms. The zero-order chi connectivity index (χ0) is 12.5. The van der Waals surface area contributed by atoms with Gasteiger partial charge in [-0.05, 0) is 12.1 Å². The minimum Gasteiger partial charge on any atom is -0.261 e. The fourth-order valence-corrected chi connectivity index (χ4v) is 2.66. The van der Waals surface area contributed by atoms with Crippen molar-refractivity contribution >= 4 is 22.9 Å². The van der Waals surface area contributed by atoms with E-state index in [9.17, 15) is 0 Å². The second kappa shape index (κ2) is 4.75. The second-order valence-electron chi connectivity index (χ2n) is 5.02. The van der Waals surface area contributed by atoms with E-state index in [-0.39, 0.29) is 5.41 Å². The lowest BCUT2D eigenvalue weighted by Crippen LogP contribution is -2.11. The minimum absolute atomic E-state index is 0.108. The number of hydrogen-bond donors (Lipinski definition) is 0. The summed E-state index contributed by atoms with van der Waals surface area (Å²) in [5, 5.41) is 3.94. The first kappa shape index (κ1) is 12.5. The number of hydrogen-bond acceptors (Lipinski definition) is 3. The van der Waals surface area contributed by atoms with Crippen LogP contribution in [0.25, 0.3) is 0 Å². The lowest BCUT2D eigenvalue weighted by atomic mass is 9.93. The molecular formula is C13H15ClN2S. The first-order chi connectivity index (χ1) is 7.95. The molecule has 17 heavy (non-hydrogen) atoms. The number of aromatic nitrogens is 2. The Hall–Kier alpha value is -0.930. The molecule has 0 fully saturated rings. The van der Waals surface area contributed by atoms with Crippen LogP contribution >= 0.6 is 22.9 Å². The van der Waals surface area contributed by atoms with Crippen LogP contribution in [-0.4, -0.2) is 9.97 Å². The number of nitrogens with zero attached hydrogens (tertiary/aromatic N) is 2. The molecule has 0 spiro atoms. The predicted octanol–water partition coefficient (Wildman–Crippen LogP) is 4.08. The van der Waals surface area contributed by atoms with Crippen LogP contribution in [-0.2, 0) is 11.8 Å². The van der Waals surface area contributed by atoms with Crippen molar-refractivity contribution in [1.82, 2.24) is 9.97 Å². The van der Waals surface area contributed by atoms with Gasteiger partial charge >= 0.3 is 0 Å². The fourth-order valence-electron chi connectivity index (χ4n) is 1.44. The molecule has 90 valence electrons. The van der Waals surface area contributed by atoms with Crippen LogP contribution in [0.1, 0.15) is 37.2 Å². The van der Waals surface area contributed by atoms with Crippen molar-refractivity contribution in [2.75, 3.05) is 0 Å². The largest absolute Gasteiger partial charge is 0.261 e. The minimum atomic E-state index is 0.108. The van der Waals surface area contributed by atoms with Gasteiger partial charge < -0.3 is 0 Å². The Morgan fingerprint density at radius 3 is 2.71 bits per heavy atom. The molecule has 0 amide bonds. The molecule has 0 radical (unpaired) electrons. The summed E-state index contributed by atoms with van der Waals surface area (Å²) in [7, 11) is 0.